The van der Waals surface area contributed by atoms with Gasteiger partial charge in [0.25, 0.3) is 5.17 Å². The van der Waals surface area contributed by atoms with Gasteiger partial charge in [0.05, 0.1) is 13.2 Å². The van der Waals surface area contributed by atoms with Crippen LogP contribution in [0, 0.1) is 0 Å². The summed E-state index contributed by atoms with van der Waals surface area (Å²) in [5.74, 6) is 1.66. The van der Waals surface area contributed by atoms with E-state index >= 15 is 0 Å². The van der Waals surface area contributed by atoms with Crippen molar-refractivity contribution in [1.82, 2.24) is 4.90 Å². The molecule has 0 unspecified atom stereocenters. The van der Waals surface area contributed by atoms with E-state index in [9.17, 15) is 0 Å². The normalized spacial score (nSPS) is 15.0. The van der Waals surface area contributed by atoms with Crippen LogP contribution in [0.2, 0.25) is 0 Å². The lowest BCUT2D eigenvalue weighted by Crippen LogP contribution is -2.40. The molecule has 1 heterocycles. The van der Waals surface area contributed by atoms with Crippen LogP contribution >= 0.6 is 39.9 Å². The molecule has 1 saturated heterocycles. The lowest BCUT2D eigenvalue weighted by Gasteiger charge is -2.28. The number of thiocarbonyl (C=S) groups is 1. The Bertz CT molecular complexity index is 744. The highest BCUT2D eigenvalue weighted by Crippen LogP contribution is 2.25. The first-order valence-electron chi connectivity index (χ1n) is 8.38. The molecule has 1 aliphatic heterocycles. The van der Waals surface area contributed by atoms with Gasteiger partial charge in [-0.05, 0) is 29.9 Å². The standard InChI is InChI=1S/C20H20BrNO2S2/c21-18-8-6-17(7-9-18)19(15-26-14-16-4-2-1-3-5-16)24-20(25)22-10-12-23-13-11-22/h1-9,15H,10-14H2/b19-15-. The van der Waals surface area contributed by atoms with Gasteiger partial charge in [0.2, 0.25) is 0 Å². The number of morpholine rings is 1. The van der Waals surface area contributed by atoms with Crippen LogP contribution in [0.25, 0.3) is 5.76 Å². The summed E-state index contributed by atoms with van der Waals surface area (Å²) in [6.07, 6.45) is 0. The highest BCUT2D eigenvalue weighted by Gasteiger charge is 2.17. The predicted octanol–water partition coefficient (Wildman–Crippen LogP) is 5.31. The molecule has 0 saturated carbocycles. The molecule has 0 amide bonds. The molecule has 1 aliphatic rings. The van der Waals surface area contributed by atoms with Crippen LogP contribution < -0.4 is 0 Å². The van der Waals surface area contributed by atoms with Crippen molar-refractivity contribution in [2.24, 2.45) is 0 Å². The zero-order valence-electron chi connectivity index (χ0n) is 14.3. The third-order valence-corrected chi connectivity index (χ3v) is 5.63. The molecule has 0 N–H and O–H groups in total. The maximum absolute atomic E-state index is 6.08. The first-order chi connectivity index (χ1) is 12.7. The average molecular weight is 450 g/mol. The van der Waals surface area contributed by atoms with Crippen molar-refractivity contribution in [2.45, 2.75) is 5.75 Å². The fraction of sp³-hybridized carbons (Fsp3) is 0.250. The molecule has 3 rings (SSSR count). The Balaban J connectivity index is 1.71. The molecule has 6 heteroatoms. The Morgan fingerprint density at radius 2 is 1.81 bits per heavy atom. The number of ether oxygens (including phenoxy) is 2. The number of rotatable bonds is 5. The van der Waals surface area contributed by atoms with Gasteiger partial charge in [0.1, 0.15) is 5.76 Å². The lowest BCUT2D eigenvalue weighted by molar-refractivity contribution is 0.0622. The van der Waals surface area contributed by atoms with Crippen LogP contribution in [-0.2, 0) is 15.2 Å². The summed E-state index contributed by atoms with van der Waals surface area (Å²) in [7, 11) is 0. The van der Waals surface area contributed by atoms with E-state index in [4.69, 9.17) is 21.7 Å². The van der Waals surface area contributed by atoms with Crippen molar-refractivity contribution in [1.29, 1.82) is 0 Å². The van der Waals surface area contributed by atoms with Gasteiger partial charge in [-0.15, -0.1) is 11.8 Å². The predicted molar refractivity (Wildman–Crippen MR) is 116 cm³/mol. The van der Waals surface area contributed by atoms with Crippen molar-refractivity contribution >= 4 is 50.8 Å². The molecule has 0 radical (unpaired) electrons. The Morgan fingerprint density at radius 1 is 1.12 bits per heavy atom. The van der Waals surface area contributed by atoms with Gasteiger partial charge in [-0.2, -0.15) is 0 Å². The van der Waals surface area contributed by atoms with Crippen LogP contribution in [0.4, 0.5) is 0 Å². The van der Waals surface area contributed by atoms with Crippen LogP contribution in [0.1, 0.15) is 11.1 Å². The Morgan fingerprint density at radius 3 is 2.50 bits per heavy atom. The van der Waals surface area contributed by atoms with Gasteiger partial charge in [-0.3, -0.25) is 0 Å². The van der Waals surface area contributed by atoms with E-state index in [-0.39, 0.29) is 0 Å². The molecule has 0 spiro atoms. The van der Waals surface area contributed by atoms with Gasteiger partial charge in [0, 0.05) is 34.3 Å². The SMILES string of the molecule is S=C(O/C(=C\SCc1ccccc1)c1ccc(Br)cc1)N1CCOCC1. The van der Waals surface area contributed by atoms with E-state index in [1.807, 2.05) is 40.6 Å². The third kappa shape index (κ3) is 5.84. The molecule has 2 aromatic rings. The van der Waals surface area contributed by atoms with Crippen LogP contribution in [-0.4, -0.2) is 36.4 Å². The second-order valence-electron chi connectivity index (χ2n) is 5.75. The number of thioether (sulfide) groups is 1. The fourth-order valence-electron chi connectivity index (χ4n) is 2.46. The summed E-state index contributed by atoms with van der Waals surface area (Å²) < 4.78 is 12.5. The van der Waals surface area contributed by atoms with Crippen LogP contribution in [0.15, 0.2) is 64.5 Å². The first kappa shape index (κ1) is 19.4. The molecule has 0 atom stereocenters. The second-order valence-corrected chi connectivity index (χ2v) is 7.88. The lowest BCUT2D eigenvalue weighted by atomic mass is 10.2. The second kappa shape index (κ2) is 10.1. The summed E-state index contributed by atoms with van der Waals surface area (Å²) in [5, 5.41) is 2.55. The van der Waals surface area contributed by atoms with Gasteiger partial charge in [0.15, 0.2) is 0 Å². The summed E-state index contributed by atoms with van der Waals surface area (Å²) in [6, 6.07) is 18.5. The van der Waals surface area contributed by atoms with E-state index in [1.54, 1.807) is 11.8 Å². The van der Waals surface area contributed by atoms with Crippen molar-refractivity contribution in [3.8, 4) is 0 Å². The molecule has 3 nitrogen and oxygen atoms in total. The summed E-state index contributed by atoms with van der Waals surface area (Å²) in [4.78, 5) is 2.05. The summed E-state index contributed by atoms with van der Waals surface area (Å²) in [5.41, 5.74) is 2.28. The topological polar surface area (TPSA) is 21.7 Å². The maximum Gasteiger partial charge on any atom is 0.265 e. The van der Waals surface area contributed by atoms with Gasteiger partial charge in [-0.1, -0.05) is 58.4 Å². The number of nitrogens with zero attached hydrogens (tertiary/aromatic N) is 1. The first-order valence-corrected chi connectivity index (χ1v) is 10.6. The molecule has 0 aliphatic carbocycles. The number of halogens is 1. The minimum atomic E-state index is 0.503. The molecule has 0 bridgehead atoms. The Kier molecular flexibility index (Phi) is 7.55. The molecule has 1 fully saturated rings. The van der Waals surface area contributed by atoms with Gasteiger partial charge in [-0.25, -0.2) is 0 Å². The Labute approximate surface area is 172 Å². The average Bonchev–Trinajstić information content (AvgIpc) is 2.69. The number of benzene rings is 2. The minimum absolute atomic E-state index is 0.503. The van der Waals surface area contributed by atoms with Crippen molar-refractivity contribution in [2.75, 3.05) is 26.3 Å². The van der Waals surface area contributed by atoms with Crippen LogP contribution in [0.5, 0.6) is 0 Å². The van der Waals surface area contributed by atoms with E-state index in [0.29, 0.717) is 18.4 Å². The summed E-state index contributed by atoms with van der Waals surface area (Å²) in [6.45, 7) is 2.90. The van der Waals surface area contributed by atoms with Gasteiger partial charge >= 0.3 is 0 Å². The highest BCUT2D eigenvalue weighted by molar-refractivity contribution is 9.10. The largest absolute Gasteiger partial charge is 0.431 e. The quantitative estimate of drug-likeness (QED) is 0.453. The number of hydrogen-bond donors (Lipinski definition) is 0. The smallest absolute Gasteiger partial charge is 0.265 e. The highest BCUT2D eigenvalue weighted by atomic mass is 79.9. The van der Waals surface area contributed by atoms with E-state index in [1.165, 1.54) is 5.56 Å². The number of hydrogen-bond acceptors (Lipinski definition) is 4. The van der Waals surface area contributed by atoms with Crippen molar-refractivity contribution in [3.05, 3.63) is 75.6 Å². The third-order valence-electron chi connectivity index (χ3n) is 3.88. The molecular weight excluding hydrogens is 430 g/mol. The van der Waals surface area contributed by atoms with Crippen molar-refractivity contribution in [3.63, 3.8) is 0 Å². The summed E-state index contributed by atoms with van der Waals surface area (Å²) >= 11 is 10.7. The maximum atomic E-state index is 6.08. The van der Waals surface area contributed by atoms with E-state index in [2.05, 4.69) is 40.2 Å². The molecule has 0 aromatic heterocycles. The molecule has 26 heavy (non-hydrogen) atoms. The van der Waals surface area contributed by atoms with Crippen molar-refractivity contribution < 1.29 is 9.47 Å². The molecule has 2 aromatic carbocycles. The van der Waals surface area contributed by atoms with Gasteiger partial charge < -0.3 is 14.4 Å². The monoisotopic (exact) mass is 449 g/mol. The van der Waals surface area contributed by atoms with E-state index in [0.717, 1.165) is 34.6 Å². The minimum Gasteiger partial charge on any atom is -0.431 e. The van der Waals surface area contributed by atoms with Crippen LogP contribution in [0.3, 0.4) is 0 Å². The Hall–Kier alpha value is -1.34. The molecule has 136 valence electrons. The zero-order chi connectivity index (χ0) is 18.2. The van der Waals surface area contributed by atoms with E-state index < -0.39 is 0 Å². The zero-order valence-corrected chi connectivity index (χ0v) is 17.5. The fourth-order valence-corrected chi connectivity index (χ4v) is 3.80. The molecular formula is C20H20BrNO2S2.